The molecule has 1 heterocycles. The van der Waals surface area contributed by atoms with Gasteiger partial charge in [-0.25, -0.2) is 0 Å². The second kappa shape index (κ2) is 5.05. The van der Waals surface area contributed by atoms with Crippen LogP contribution in [0.4, 0.5) is 0 Å². The van der Waals surface area contributed by atoms with Crippen molar-refractivity contribution in [3.63, 3.8) is 0 Å². The molecule has 19 heavy (non-hydrogen) atoms. The number of fused-ring (bicyclic) bond motifs is 1. The number of halogens is 1. The molecular weight excluding hydrogens is 266 g/mol. The number of carboxylic acid groups (broad SMARTS) is 1. The Morgan fingerprint density at radius 1 is 1.26 bits per heavy atom. The maximum Gasteiger partial charge on any atom is 0.306 e. The van der Waals surface area contributed by atoms with Crippen LogP contribution in [-0.2, 0) is 4.79 Å². The van der Waals surface area contributed by atoms with E-state index in [4.69, 9.17) is 16.7 Å². The molecule has 2 rings (SSSR count). The number of aromatic nitrogens is 1. The number of aromatic amines is 1. The van der Waals surface area contributed by atoms with Gasteiger partial charge in [0.1, 0.15) is 0 Å². The predicted molar refractivity (Wildman–Crippen MR) is 73.6 cm³/mol. The van der Waals surface area contributed by atoms with Crippen LogP contribution < -0.4 is 0 Å². The fourth-order valence-corrected chi connectivity index (χ4v) is 2.24. The Bertz CT molecular complexity index is 647. The minimum absolute atomic E-state index is 0.191. The van der Waals surface area contributed by atoms with Gasteiger partial charge in [-0.1, -0.05) is 37.6 Å². The van der Waals surface area contributed by atoms with Crippen LogP contribution in [0.3, 0.4) is 0 Å². The van der Waals surface area contributed by atoms with Gasteiger partial charge in [-0.3, -0.25) is 9.59 Å². The highest BCUT2D eigenvalue weighted by Gasteiger charge is 2.28. The first kappa shape index (κ1) is 13.6. The molecule has 0 fully saturated rings. The van der Waals surface area contributed by atoms with Crippen molar-refractivity contribution in [3.8, 4) is 0 Å². The molecule has 1 aromatic carbocycles. The molecule has 0 aliphatic rings. The summed E-state index contributed by atoms with van der Waals surface area (Å²) in [5.41, 5.74) is 1.18. The number of carboxylic acids is 1. The van der Waals surface area contributed by atoms with Gasteiger partial charge in [0.25, 0.3) is 0 Å². The first-order valence-electron chi connectivity index (χ1n) is 5.96. The molecule has 0 aliphatic heterocycles. The van der Waals surface area contributed by atoms with Crippen molar-refractivity contribution in [2.75, 3.05) is 0 Å². The normalized spacial score (nSPS) is 14.3. The second-order valence-corrected chi connectivity index (χ2v) is 5.05. The zero-order valence-electron chi connectivity index (χ0n) is 10.6. The number of aliphatic carboxylic acids is 1. The lowest BCUT2D eigenvalue weighted by molar-refractivity contribution is -0.142. The topological polar surface area (TPSA) is 70.2 Å². The molecule has 2 aromatic rings. The molecule has 0 spiro atoms. The van der Waals surface area contributed by atoms with Crippen molar-refractivity contribution in [1.29, 1.82) is 0 Å². The van der Waals surface area contributed by atoms with Crippen LogP contribution in [0.15, 0.2) is 24.4 Å². The molecular formula is C14H14ClNO3. The molecule has 0 saturated heterocycles. The number of benzene rings is 1. The van der Waals surface area contributed by atoms with Crippen molar-refractivity contribution >= 4 is 34.3 Å². The first-order valence-corrected chi connectivity index (χ1v) is 6.34. The van der Waals surface area contributed by atoms with E-state index in [1.54, 1.807) is 31.3 Å². The van der Waals surface area contributed by atoms with Crippen molar-refractivity contribution < 1.29 is 14.7 Å². The molecule has 4 nitrogen and oxygen atoms in total. The Kier molecular flexibility index (Phi) is 3.62. The van der Waals surface area contributed by atoms with Gasteiger partial charge in [0.2, 0.25) is 0 Å². The van der Waals surface area contributed by atoms with E-state index < -0.39 is 17.8 Å². The summed E-state index contributed by atoms with van der Waals surface area (Å²) in [6, 6.07) is 5.29. The number of H-pyrrole nitrogens is 1. The Balaban J connectivity index is 2.42. The number of hydrogen-bond acceptors (Lipinski definition) is 2. The minimum atomic E-state index is -0.973. The fraction of sp³-hybridized carbons (Fsp3) is 0.286. The molecule has 2 atom stereocenters. The average molecular weight is 280 g/mol. The molecule has 0 amide bonds. The Labute approximate surface area is 115 Å². The van der Waals surface area contributed by atoms with E-state index in [9.17, 15) is 9.59 Å². The highest BCUT2D eigenvalue weighted by Crippen LogP contribution is 2.28. The summed E-state index contributed by atoms with van der Waals surface area (Å²) in [7, 11) is 0. The van der Waals surface area contributed by atoms with Crippen molar-refractivity contribution in [2.24, 2.45) is 11.8 Å². The van der Waals surface area contributed by atoms with Gasteiger partial charge in [0, 0.05) is 23.1 Å². The number of nitrogens with one attached hydrogen (secondary N) is 1. The summed E-state index contributed by atoms with van der Waals surface area (Å²) >= 11 is 6.03. The van der Waals surface area contributed by atoms with E-state index in [-0.39, 0.29) is 5.78 Å². The Hall–Kier alpha value is -1.81. The largest absolute Gasteiger partial charge is 0.481 e. The van der Waals surface area contributed by atoms with Crippen molar-refractivity contribution in [2.45, 2.75) is 13.8 Å². The van der Waals surface area contributed by atoms with E-state index in [0.29, 0.717) is 16.1 Å². The van der Waals surface area contributed by atoms with Gasteiger partial charge in [-0.05, 0) is 6.07 Å². The molecule has 5 heteroatoms. The molecule has 0 radical (unpaired) electrons. The highest BCUT2D eigenvalue weighted by atomic mass is 35.5. The summed E-state index contributed by atoms with van der Waals surface area (Å²) in [6.07, 6.45) is 1.59. The lowest BCUT2D eigenvalue weighted by atomic mass is 9.88. The zero-order valence-corrected chi connectivity index (χ0v) is 11.4. The Morgan fingerprint density at radius 2 is 1.95 bits per heavy atom. The molecule has 2 unspecified atom stereocenters. The summed E-state index contributed by atoms with van der Waals surface area (Å²) < 4.78 is 0. The highest BCUT2D eigenvalue weighted by molar-refractivity contribution is 6.35. The van der Waals surface area contributed by atoms with Crippen molar-refractivity contribution in [1.82, 2.24) is 4.98 Å². The molecule has 2 N–H and O–H groups in total. The molecule has 0 bridgehead atoms. The van der Waals surface area contributed by atoms with Crippen LogP contribution in [0.5, 0.6) is 0 Å². The van der Waals surface area contributed by atoms with Crippen LogP contribution in [0, 0.1) is 11.8 Å². The van der Waals surface area contributed by atoms with E-state index in [1.165, 1.54) is 6.92 Å². The van der Waals surface area contributed by atoms with Crippen LogP contribution in [-0.4, -0.2) is 21.8 Å². The quantitative estimate of drug-likeness (QED) is 0.843. The third kappa shape index (κ3) is 2.36. The zero-order chi connectivity index (χ0) is 14.2. The summed E-state index contributed by atoms with van der Waals surface area (Å²) in [6.45, 7) is 3.16. The van der Waals surface area contributed by atoms with Crippen LogP contribution in [0.1, 0.15) is 24.2 Å². The van der Waals surface area contributed by atoms with Crippen LogP contribution in [0.25, 0.3) is 10.9 Å². The number of rotatable bonds is 4. The van der Waals surface area contributed by atoms with Crippen LogP contribution >= 0.6 is 11.6 Å². The van der Waals surface area contributed by atoms with Gasteiger partial charge in [-0.2, -0.15) is 0 Å². The van der Waals surface area contributed by atoms with E-state index in [2.05, 4.69) is 4.98 Å². The third-order valence-corrected chi connectivity index (χ3v) is 3.80. The summed E-state index contributed by atoms with van der Waals surface area (Å²) in [5.74, 6) is -2.48. The Morgan fingerprint density at radius 3 is 2.58 bits per heavy atom. The van der Waals surface area contributed by atoms with Gasteiger partial charge >= 0.3 is 5.97 Å². The summed E-state index contributed by atoms with van der Waals surface area (Å²) in [5, 5.41) is 10.2. The van der Waals surface area contributed by atoms with E-state index >= 15 is 0 Å². The third-order valence-electron chi connectivity index (χ3n) is 3.48. The number of hydrogen-bond donors (Lipinski definition) is 2. The predicted octanol–water partition coefficient (Wildman–Crippen LogP) is 3.36. The monoisotopic (exact) mass is 279 g/mol. The lowest BCUT2D eigenvalue weighted by Gasteiger charge is -2.14. The van der Waals surface area contributed by atoms with Crippen molar-refractivity contribution in [3.05, 3.63) is 35.0 Å². The second-order valence-electron chi connectivity index (χ2n) is 4.64. The fourth-order valence-electron chi connectivity index (χ4n) is 2.01. The van der Waals surface area contributed by atoms with Crippen LogP contribution in [0.2, 0.25) is 5.02 Å². The minimum Gasteiger partial charge on any atom is -0.481 e. The number of Topliss-reactive ketones (excluding diaryl/α,β-unsaturated/α-hetero) is 1. The maximum atomic E-state index is 12.4. The van der Waals surface area contributed by atoms with E-state index in [1.807, 2.05) is 0 Å². The molecule has 0 saturated carbocycles. The number of ketones is 1. The SMILES string of the molecule is CC(C(=O)O)C(C)C(=O)c1c[nH]c2c(Cl)cccc12. The number of carbonyl (C=O) groups is 2. The van der Waals surface area contributed by atoms with E-state index in [0.717, 1.165) is 5.39 Å². The van der Waals surface area contributed by atoms with Gasteiger partial charge in [-0.15, -0.1) is 0 Å². The molecule has 0 aliphatic carbocycles. The molecule has 1 aromatic heterocycles. The number of para-hydroxylation sites is 1. The first-order chi connectivity index (χ1) is 8.93. The molecule has 100 valence electrons. The average Bonchev–Trinajstić information content (AvgIpc) is 2.81. The van der Waals surface area contributed by atoms with Gasteiger partial charge in [0.15, 0.2) is 5.78 Å². The van der Waals surface area contributed by atoms with Gasteiger partial charge in [0.05, 0.1) is 16.5 Å². The lowest BCUT2D eigenvalue weighted by Crippen LogP contribution is -2.25. The smallest absolute Gasteiger partial charge is 0.306 e. The summed E-state index contributed by atoms with van der Waals surface area (Å²) in [4.78, 5) is 26.3. The maximum absolute atomic E-state index is 12.4. The standard InChI is InChI=1S/C14H14ClNO3/c1-7(8(2)14(18)19)13(17)10-6-16-12-9(10)4-3-5-11(12)15/h3-8,16H,1-2H3,(H,18,19). The van der Waals surface area contributed by atoms with Gasteiger partial charge < -0.3 is 10.1 Å². The number of carbonyl (C=O) groups excluding carboxylic acids is 1.